The topological polar surface area (TPSA) is 64.9 Å². The Morgan fingerprint density at radius 2 is 2.30 bits per heavy atom. The van der Waals surface area contributed by atoms with Crippen molar-refractivity contribution in [2.75, 3.05) is 5.73 Å². The number of rotatable bonds is 0. The number of nitrogens with two attached hydrogens (primary N) is 1. The van der Waals surface area contributed by atoms with Crippen LogP contribution in [0.1, 0.15) is 0 Å². The summed E-state index contributed by atoms with van der Waals surface area (Å²) in [6.07, 6.45) is 2.95. The Bertz CT molecular complexity index is 355. The van der Waals surface area contributed by atoms with E-state index in [9.17, 15) is 0 Å². The summed E-state index contributed by atoms with van der Waals surface area (Å²) in [4.78, 5) is 7.72. The molecular weight excluding hydrogens is 130 g/mol. The molecule has 0 atom stereocenters. The van der Waals surface area contributed by atoms with E-state index in [1.165, 1.54) is 6.39 Å². The quantitative estimate of drug-likeness (QED) is 0.580. The highest BCUT2D eigenvalue weighted by atomic mass is 16.3. The van der Waals surface area contributed by atoms with Crippen molar-refractivity contribution in [2.45, 2.75) is 0 Å². The molecule has 0 bridgehead atoms. The maximum atomic E-state index is 5.46. The van der Waals surface area contributed by atoms with Gasteiger partial charge < -0.3 is 10.2 Å². The van der Waals surface area contributed by atoms with E-state index < -0.39 is 0 Å². The normalized spacial score (nSPS) is 10.4. The largest absolute Gasteiger partial charge is 0.440 e. The standard InChI is InChI=1S/C6H5N3O/c7-6-5-4(1-2-8-6)9-3-10-5/h1-3H,(H2,7,8). The molecule has 10 heavy (non-hydrogen) atoms. The van der Waals surface area contributed by atoms with Crippen molar-refractivity contribution < 1.29 is 4.42 Å². The second-order valence-corrected chi connectivity index (χ2v) is 1.90. The first kappa shape index (κ1) is 5.22. The molecule has 0 aliphatic carbocycles. The molecule has 0 radical (unpaired) electrons. The van der Waals surface area contributed by atoms with E-state index in [4.69, 9.17) is 10.2 Å². The third kappa shape index (κ3) is 0.556. The van der Waals surface area contributed by atoms with Gasteiger partial charge in [-0.3, -0.25) is 0 Å². The van der Waals surface area contributed by atoms with Gasteiger partial charge in [0.15, 0.2) is 17.8 Å². The molecule has 2 heterocycles. The molecule has 2 aromatic rings. The van der Waals surface area contributed by atoms with Crippen molar-refractivity contribution in [1.82, 2.24) is 9.97 Å². The molecule has 4 nitrogen and oxygen atoms in total. The zero-order valence-electron chi connectivity index (χ0n) is 5.11. The van der Waals surface area contributed by atoms with Crippen molar-refractivity contribution >= 4 is 16.9 Å². The highest BCUT2D eigenvalue weighted by molar-refractivity contribution is 5.81. The molecule has 0 saturated carbocycles. The number of nitrogens with zero attached hydrogens (tertiary/aromatic N) is 2. The lowest BCUT2D eigenvalue weighted by Gasteiger charge is -1.88. The van der Waals surface area contributed by atoms with E-state index in [0.717, 1.165) is 5.52 Å². The van der Waals surface area contributed by atoms with Crippen LogP contribution < -0.4 is 5.73 Å². The molecule has 2 aromatic heterocycles. The molecule has 0 aliphatic heterocycles. The summed E-state index contributed by atoms with van der Waals surface area (Å²) in [6.45, 7) is 0. The van der Waals surface area contributed by atoms with Gasteiger partial charge in [0.1, 0.15) is 5.52 Å². The van der Waals surface area contributed by atoms with Crippen LogP contribution in [0.2, 0.25) is 0 Å². The number of pyridine rings is 1. The first-order valence-electron chi connectivity index (χ1n) is 2.81. The van der Waals surface area contributed by atoms with Crippen LogP contribution in [0.25, 0.3) is 11.1 Å². The fraction of sp³-hybridized carbons (Fsp3) is 0. The van der Waals surface area contributed by atoms with Crippen LogP contribution >= 0.6 is 0 Å². The first-order valence-corrected chi connectivity index (χ1v) is 2.81. The van der Waals surface area contributed by atoms with Gasteiger partial charge in [0.05, 0.1) is 0 Å². The summed E-state index contributed by atoms with van der Waals surface area (Å²) in [6, 6.07) is 1.75. The summed E-state index contributed by atoms with van der Waals surface area (Å²) in [7, 11) is 0. The van der Waals surface area contributed by atoms with E-state index in [1.807, 2.05) is 0 Å². The van der Waals surface area contributed by atoms with E-state index in [-0.39, 0.29) is 0 Å². The molecule has 0 fully saturated rings. The Kier molecular flexibility index (Phi) is 0.887. The monoisotopic (exact) mass is 135 g/mol. The maximum absolute atomic E-state index is 5.46. The number of aromatic nitrogens is 2. The average Bonchev–Trinajstić information content (AvgIpc) is 2.36. The number of anilines is 1. The predicted octanol–water partition coefficient (Wildman–Crippen LogP) is 0.805. The molecule has 0 aromatic carbocycles. The smallest absolute Gasteiger partial charge is 0.196 e. The molecule has 0 aliphatic rings. The maximum Gasteiger partial charge on any atom is 0.196 e. The van der Waals surface area contributed by atoms with Gasteiger partial charge in [-0.05, 0) is 6.07 Å². The Balaban J connectivity index is 2.95. The number of oxazole rings is 1. The zero-order chi connectivity index (χ0) is 6.97. The second-order valence-electron chi connectivity index (χ2n) is 1.90. The highest BCUT2D eigenvalue weighted by Crippen LogP contribution is 2.15. The van der Waals surface area contributed by atoms with Gasteiger partial charge in [-0.1, -0.05) is 0 Å². The average molecular weight is 135 g/mol. The third-order valence-corrected chi connectivity index (χ3v) is 1.27. The first-order chi connectivity index (χ1) is 4.88. The second kappa shape index (κ2) is 1.70. The number of hydrogen-bond acceptors (Lipinski definition) is 4. The number of nitrogen functional groups attached to an aromatic ring is 1. The molecule has 2 N–H and O–H groups in total. The molecule has 0 saturated heterocycles. The fourth-order valence-electron chi connectivity index (χ4n) is 0.812. The summed E-state index contributed by atoms with van der Waals surface area (Å²) in [5, 5.41) is 0. The number of fused-ring (bicyclic) bond motifs is 1. The molecule has 4 heteroatoms. The lowest BCUT2D eigenvalue weighted by molar-refractivity contribution is 0.602. The van der Waals surface area contributed by atoms with E-state index in [1.54, 1.807) is 12.3 Å². The van der Waals surface area contributed by atoms with Crippen molar-refractivity contribution in [3.8, 4) is 0 Å². The predicted molar refractivity (Wildman–Crippen MR) is 36.2 cm³/mol. The Labute approximate surface area is 56.7 Å². The van der Waals surface area contributed by atoms with Gasteiger partial charge >= 0.3 is 0 Å². The minimum Gasteiger partial charge on any atom is -0.440 e. The van der Waals surface area contributed by atoms with E-state index >= 15 is 0 Å². The highest BCUT2D eigenvalue weighted by Gasteiger charge is 2.00. The summed E-state index contributed by atoms with van der Waals surface area (Å²) in [5.74, 6) is 0.384. The van der Waals surface area contributed by atoms with Crippen LogP contribution in [-0.4, -0.2) is 9.97 Å². The molecule has 0 amide bonds. The summed E-state index contributed by atoms with van der Waals surface area (Å²) < 4.78 is 4.95. The van der Waals surface area contributed by atoms with Gasteiger partial charge in [-0.15, -0.1) is 0 Å². The van der Waals surface area contributed by atoms with Crippen LogP contribution in [0.4, 0.5) is 5.82 Å². The molecule has 0 spiro atoms. The van der Waals surface area contributed by atoms with Gasteiger partial charge in [0, 0.05) is 6.20 Å². The van der Waals surface area contributed by atoms with E-state index in [2.05, 4.69) is 9.97 Å². The molecule has 2 rings (SSSR count). The van der Waals surface area contributed by atoms with Gasteiger partial charge in [0.2, 0.25) is 0 Å². The summed E-state index contributed by atoms with van der Waals surface area (Å²) >= 11 is 0. The SMILES string of the molecule is Nc1nccc2ncoc12. The molecular formula is C6H5N3O. The van der Waals surface area contributed by atoms with Gasteiger partial charge in [-0.2, -0.15) is 0 Å². The number of hydrogen-bond donors (Lipinski definition) is 1. The van der Waals surface area contributed by atoms with E-state index in [0.29, 0.717) is 11.4 Å². The minimum absolute atomic E-state index is 0.384. The van der Waals surface area contributed by atoms with Crippen LogP contribution in [0.5, 0.6) is 0 Å². The zero-order valence-corrected chi connectivity index (χ0v) is 5.11. The van der Waals surface area contributed by atoms with Crippen LogP contribution in [-0.2, 0) is 0 Å². The van der Waals surface area contributed by atoms with Crippen molar-refractivity contribution in [3.05, 3.63) is 18.7 Å². The lowest BCUT2D eigenvalue weighted by atomic mass is 10.4. The third-order valence-electron chi connectivity index (χ3n) is 1.27. The molecule has 0 unspecified atom stereocenters. The van der Waals surface area contributed by atoms with Gasteiger partial charge in [0.25, 0.3) is 0 Å². The Hall–Kier alpha value is -1.58. The Morgan fingerprint density at radius 1 is 1.40 bits per heavy atom. The van der Waals surface area contributed by atoms with Crippen LogP contribution in [0, 0.1) is 0 Å². The van der Waals surface area contributed by atoms with Crippen LogP contribution in [0.3, 0.4) is 0 Å². The fourth-order valence-corrected chi connectivity index (χ4v) is 0.812. The lowest BCUT2D eigenvalue weighted by Crippen LogP contribution is -1.88. The Morgan fingerprint density at radius 3 is 3.10 bits per heavy atom. The summed E-state index contributed by atoms with van der Waals surface area (Å²) in [5.41, 5.74) is 6.76. The minimum atomic E-state index is 0.384. The van der Waals surface area contributed by atoms with Crippen molar-refractivity contribution in [2.24, 2.45) is 0 Å². The van der Waals surface area contributed by atoms with Crippen LogP contribution in [0.15, 0.2) is 23.1 Å². The van der Waals surface area contributed by atoms with Crippen molar-refractivity contribution in [1.29, 1.82) is 0 Å². The van der Waals surface area contributed by atoms with Gasteiger partial charge in [-0.25, -0.2) is 9.97 Å². The molecule has 50 valence electrons. The van der Waals surface area contributed by atoms with Crippen molar-refractivity contribution in [3.63, 3.8) is 0 Å².